The third-order valence-corrected chi connectivity index (χ3v) is 4.00. The number of aryl methyl sites for hydroxylation is 1. The molecular formula is C17H16N6O4. The van der Waals surface area contributed by atoms with Gasteiger partial charge in [-0.05, 0) is 59.7 Å². The van der Waals surface area contributed by atoms with Crippen molar-refractivity contribution in [2.75, 3.05) is 11.9 Å². The van der Waals surface area contributed by atoms with Crippen LogP contribution in [0.25, 0.3) is 5.69 Å². The molecule has 0 radical (unpaired) electrons. The minimum absolute atomic E-state index is 0.155. The molecule has 0 spiro atoms. The van der Waals surface area contributed by atoms with Gasteiger partial charge in [-0.2, -0.15) is 0 Å². The predicted molar refractivity (Wildman–Crippen MR) is 95.8 cm³/mol. The Hall–Kier alpha value is -3.82. The Morgan fingerprint density at radius 1 is 1.22 bits per heavy atom. The molecule has 0 saturated heterocycles. The van der Waals surface area contributed by atoms with Crippen LogP contribution in [0.3, 0.4) is 0 Å². The fourth-order valence-corrected chi connectivity index (χ4v) is 2.41. The van der Waals surface area contributed by atoms with Gasteiger partial charge in [0, 0.05) is 6.07 Å². The SMILES string of the molecule is Cc1ccc([N+](=O)[O-])c(NC(=O)COc2ccc(-n3cnnn3)cc2)c1C. The van der Waals surface area contributed by atoms with Crippen LogP contribution in [0.2, 0.25) is 0 Å². The van der Waals surface area contributed by atoms with E-state index in [1.807, 2.05) is 6.92 Å². The molecule has 0 bridgehead atoms. The zero-order valence-electron chi connectivity index (χ0n) is 14.6. The molecule has 10 nitrogen and oxygen atoms in total. The largest absolute Gasteiger partial charge is 0.484 e. The van der Waals surface area contributed by atoms with E-state index in [1.165, 1.54) is 17.1 Å². The van der Waals surface area contributed by atoms with Crippen LogP contribution in [0.5, 0.6) is 5.75 Å². The number of nitrogens with zero attached hydrogens (tertiary/aromatic N) is 5. The summed E-state index contributed by atoms with van der Waals surface area (Å²) < 4.78 is 6.92. The number of aromatic nitrogens is 4. The van der Waals surface area contributed by atoms with Crippen LogP contribution in [0.15, 0.2) is 42.7 Å². The Bertz CT molecular complexity index is 970. The quantitative estimate of drug-likeness (QED) is 0.522. The second-order valence-corrected chi connectivity index (χ2v) is 5.74. The molecule has 3 aromatic rings. The van der Waals surface area contributed by atoms with Crippen LogP contribution in [0.4, 0.5) is 11.4 Å². The van der Waals surface area contributed by atoms with Crippen molar-refractivity contribution in [3.05, 3.63) is 64.0 Å². The van der Waals surface area contributed by atoms with E-state index in [0.29, 0.717) is 11.3 Å². The lowest BCUT2D eigenvalue weighted by Crippen LogP contribution is -2.21. The Morgan fingerprint density at radius 2 is 1.96 bits per heavy atom. The number of anilines is 1. The number of hydrogen-bond donors (Lipinski definition) is 1. The summed E-state index contributed by atoms with van der Waals surface area (Å²) in [5.41, 5.74) is 2.25. The molecule has 138 valence electrons. The van der Waals surface area contributed by atoms with E-state index in [9.17, 15) is 14.9 Å². The molecule has 1 heterocycles. The molecule has 1 aromatic heterocycles. The highest BCUT2D eigenvalue weighted by Gasteiger charge is 2.19. The molecule has 0 aliphatic rings. The minimum atomic E-state index is -0.527. The van der Waals surface area contributed by atoms with Gasteiger partial charge in [-0.25, -0.2) is 4.68 Å². The molecule has 2 aromatic carbocycles. The fourth-order valence-electron chi connectivity index (χ4n) is 2.41. The first kappa shape index (κ1) is 18.0. The number of nitro groups is 1. The van der Waals surface area contributed by atoms with Gasteiger partial charge in [0.25, 0.3) is 11.6 Å². The summed E-state index contributed by atoms with van der Waals surface area (Å²) >= 11 is 0. The summed E-state index contributed by atoms with van der Waals surface area (Å²) in [6, 6.07) is 9.83. The Kier molecular flexibility index (Phi) is 5.06. The molecule has 0 aliphatic carbocycles. The van der Waals surface area contributed by atoms with Gasteiger partial charge in [0.05, 0.1) is 10.6 Å². The molecule has 0 fully saturated rings. The average Bonchev–Trinajstić information content (AvgIpc) is 3.19. The van der Waals surface area contributed by atoms with Crippen molar-refractivity contribution in [2.45, 2.75) is 13.8 Å². The zero-order valence-corrected chi connectivity index (χ0v) is 14.6. The zero-order chi connectivity index (χ0) is 19.4. The summed E-state index contributed by atoms with van der Waals surface area (Å²) in [6.07, 6.45) is 1.46. The number of carbonyl (C=O) groups is 1. The third kappa shape index (κ3) is 4.06. The normalized spacial score (nSPS) is 10.4. The first-order valence-corrected chi connectivity index (χ1v) is 7.96. The van der Waals surface area contributed by atoms with Crippen molar-refractivity contribution >= 4 is 17.3 Å². The van der Waals surface area contributed by atoms with Gasteiger partial charge < -0.3 is 10.1 Å². The summed E-state index contributed by atoms with van der Waals surface area (Å²) in [6.45, 7) is 3.25. The molecule has 27 heavy (non-hydrogen) atoms. The highest BCUT2D eigenvalue weighted by Crippen LogP contribution is 2.30. The lowest BCUT2D eigenvalue weighted by Gasteiger charge is -2.12. The monoisotopic (exact) mass is 368 g/mol. The molecular weight excluding hydrogens is 352 g/mol. The van der Waals surface area contributed by atoms with E-state index in [2.05, 4.69) is 20.8 Å². The second-order valence-electron chi connectivity index (χ2n) is 5.74. The van der Waals surface area contributed by atoms with Gasteiger partial charge in [0.1, 0.15) is 17.8 Å². The van der Waals surface area contributed by atoms with Gasteiger partial charge in [0.15, 0.2) is 6.61 Å². The maximum Gasteiger partial charge on any atom is 0.293 e. The van der Waals surface area contributed by atoms with Crippen LogP contribution >= 0.6 is 0 Å². The van der Waals surface area contributed by atoms with E-state index in [0.717, 1.165) is 11.3 Å². The summed E-state index contributed by atoms with van der Waals surface area (Å²) in [5, 5.41) is 24.6. The van der Waals surface area contributed by atoms with Gasteiger partial charge in [0.2, 0.25) is 0 Å². The summed E-state index contributed by atoms with van der Waals surface area (Å²) in [4.78, 5) is 22.8. The van der Waals surface area contributed by atoms with Crippen LogP contribution in [-0.2, 0) is 4.79 Å². The number of nitrogens with one attached hydrogen (secondary N) is 1. The van der Waals surface area contributed by atoms with E-state index in [4.69, 9.17) is 4.74 Å². The Morgan fingerprint density at radius 3 is 2.59 bits per heavy atom. The first-order chi connectivity index (χ1) is 13.0. The lowest BCUT2D eigenvalue weighted by atomic mass is 10.1. The van der Waals surface area contributed by atoms with Crippen LogP contribution < -0.4 is 10.1 Å². The smallest absolute Gasteiger partial charge is 0.293 e. The van der Waals surface area contributed by atoms with Crippen molar-refractivity contribution in [1.82, 2.24) is 20.2 Å². The molecule has 1 amide bonds. The first-order valence-electron chi connectivity index (χ1n) is 7.96. The second kappa shape index (κ2) is 7.60. The number of nitro benzene ring substituents is 1. The van der Waals surface area contributed by atoms with Gasteiger partial charge in [-0.3, -0.25) is 14.9 Å². The number of benzene rings is 2. The Labute approximate surface area is 153 Å². The van der Waals surface area contributed by atoms with E-state index in [1.54, 1.807) is 37.3 Å². The molecule has 0 atom stereocenters. The van der Waals surface area contributed by atoms with Crippen molar-refractivity contribution < 1.29 is 14.5 Å². The number of tetrazole rings is 1. The Balaban J connectivity index is 1.65. The van der Waals surface area contributed by atoms with Crippen LogP contribution in [0.1, 0.15) is 11.1 Å². The third-order valence-electron chi connectivity index (χ3n) is 4.00. The maximum absolute atomic E-state index is 12.2. The number of carbonyl (C=O) groups excluding carboxylic acids is 1. The molecule has 0 saturated carbocycles. The number of hydrogen-bond acceptors (Lipinski definition) is 7. The van der Waals surface area contributed by atoms with Crippen LogP contribution in [-0.4, -0.2) is 37.6 Å². The van der Waals surface area contributed by atoms with Crippen LogP contribution in [0, 0.1) is 24.0 Å². The van der Waals surface area contributed by atoms with Gasteiger partial charge in [-0.15, -0.1) is 5.10 Å². The van der Waals surface area contributed by atoms with Crippen molar-refractivity contribution in [3.8, 4) is 11.4 Å². The van der Waals surface area contributed by atoms with E-state index in [-0.39, 0.29) is 18.0 Å². The average molecular weight is 368 g/mol. The summed E-state index contributed by atoms with van der Waals surface area (Å²) in [7, 11) is 0. The topological polar surface area (TPSA) is 125 Å². The maximum atomic E-state index is 12.2. The minimum Gasteiger partial charge on any atom is -0.484 e. The highest BCUT2D eigenvalue weighted by molar-refractivity contribution is 5.95. The van der Waals surface area contributed by atoms with Gasteiger partial charge >= 0.3 is 0 Å². The van der Waals surface area contributed by atoms with E-state index >= 15 is 0 Å². The fraction of sp³-hybridized carbons (Fsp3) is 0.176. The van der Waals surface area contributed by atoms with Crippen molar-refractivity contribution in [2.24, 2.45) is 0 Å². The number of ether oxygens (including phenoxy) is 1. The molecule has 0 aliphatic heterocycles. The molecule has 10 heteroatoms. The number of amides is 1. The summed E-state index contributed by atoms with van der Waals surface area (Å²) in [5.74, 6) is -0.0196. The lowest BCUT2D eigenvalue weighted by molar-refractivity contribution is -0.384. The molecule has 0 unspecified atom stereocenters. The highest BCUT2D eigenvalue weighted by atomic mass is 16.6. The predicted octanol–water partition coefficient (Wildman–Crippen LogP) is 2.20. The van der Waals surface area contributed by atoms with Crippen molar-refractivity contribution in [3.63, 3.8) is 0 Å². The van der Waals surface area contributed by atoms with E-state index < -0.39 is 10.8 Å². The molecule has 1 N–H and O–H groups in total. The van der Waals surface area contributed by atoms with Gasteiger partial charge in [-0.1, -0.05) is 6.07 Å². The molecule has 3 rings (SSSR count). The number of rotatable bonds is 6. The van der Waals surface area contributed by atoms with Crippen molar-refractivity contribution in [1.29, 1.82) is 0 Å². The standard InChI is InChI=1S/C17H16N6O4/c1-11-3-8-15(23(25)26)17(12(11)2)19-16(24)9-27-14-6-4-13(5-7-14)22-10-18-20-21-22/h3-8,10H,9H2,1-2H3,(H,19,24).